The van der Waals surface area contributed by atoms with Gasteiger partial charge >= 0.3 is 0 Å². The van der Waals surface area contributed by atoms with Crippen molar-refractivity contribution in [3.63, 3.8) is 0 Å². The lowest BCUT2D eigenvalue weighted by Crippen LogP contribution is -2.24. The van der Waals surface area contributed by atoms with E-state index in [9.17, 15) is 4.79 Å². The Balaban J connectivity index is 1.89. The summed E-state index contributed by atoms with van der Waals surface area (Å²) >= 11 is 0. The normalized spacial score (nSPS) is 19.9. The third-order valence-corrected chi connectivity index (χ3v) is 3.00. The first-order chi connectivity index (χ1) is 8.25. The Morgan fingerprint density at radius 3 is 3.12 bits per heavy atom. The molecular formula is C13H18N2O2. The lowest BCUT2D eigenvalue weighted by Gasteiger charge is -2.22. The molecule has 0 bridgehead atoms. The molecule has 0 aliphatic carbocycles. The summed E-state index contributed by atoms with van der Waals surface area (Å²) in [5, 5.41) is 3.32. The van der Waals surface area contributed by atoms with E-state index in [-0.39, 0.29) is 0 Å². The molecule has 0 aromatic heterocycles. The van der Waals surface area contributed by atoms with E-state index in [0.717, 1.165) is 31.9 Å². The van der Waals surface area contributed by atoms with Crippen LogP contribution in [0.3, 0.4) is 0 Å². The maximum atomic E-state index is 11.0. The number of hydrogen-bond acceptors (Lipinski definition) is 3. The zero-order chi connectivity index (χ0) is 12.1. The molecule has 1 atom stereocenters. The molecule has 1 aromatic rings. The third-order valence-electron chi connectivity index (χ3n) is 3.00. The second-order valence-corrected chi connectivity index (χ2v) is 4.41. The molecule has 1 fully saturated rings. The van der Waals surface area contributed by atoms with E-state index in [1.807, 2.05) is 12.1 Å². The molecule has 1 unspecified atom stereocenters. The summed E-state index contributed by atoms with van der Waals surface area (Å²) in [6, 6.07) is 7.28. The Labute approximate surface area is 101 Å². The minimum atomic E-state index is -0.394. The predicted octanol–water partition coefficient (Wildman–Crippen LogP) is 1.62. The molecule has 1 amide bonds. The first kappa shape index (κ1) is 11.9. The summed E-state index contributed by atoms with van der Waals surface area (Å²) in [7, 11) is 0. The average molecular weight is 234 g/mol. The molecule has 0 radical (unpaired) electrons. The number of nitrogens with one attached hydrogen (secondary N) is 1. The number of amides is 1. The number of primary amides is 1. The van der Waals surface area contributed by atoms with E-state index in [0.29, 0.717) is 11.5 Å². The van der Waals surface area contributed by atoms with Crippen LogP contribution in [0.15, 0.2) is 24.3 Å². The number of carbonyl (C=O) groups excluding carboxylic acids is 1. The van der Waals surface area contributed by atoms with Crippen molar-refractivity contribution in [3.8, 4) is 0 Å². The number of ether oxygens (including phenoxy) is 1. The van der Waals surface area contributed by atoms with E-state index in [1.165, 1.54) is 6.42 Å². The number of carbonyl (C=O) groups is 1. The van der Waals surface area contributed by atoms with Gasteiger partial charge in [0.25, 0.3) is 0 Å². The molecule has 0 spiro atoms. The van der Waals surface area contributed by atoms with Crippen LogP contribution in [0, 0.1) is 5.92 Å². The molecule has 1 heterocycles. The molecule has 17 heavy (non-hydrogen) atoms. The van der Waals surface area contributed by atoms with Crippen LogP contribution >= 0.6 is 0 Å². The van der Waals surface area contributed by atoms with Crippen LogP contribution in [0.1, 0.15) is 23.2 Å². The first-order valence-electron chi connectivity index (χ1n) is 5.97. The van der Waals surface area contributed by atoms with E-state index >= 15 is 0 Å². The highest BCUT2D eigenvalue weighted by Crippen LogP contribution is 2.16. The van der Waals surface area contributed by atoms with Gasteiger partial charge in [-0.05, 0) is 37.0 Å². The second kappa shape index (κ2) is 5.68. The van der Waals surface area contributed by atoms with Crippen molar-refractivity contribution in [2.45, 2.75) is 12.8 Å². The molecule has 0 saturated carbocycles. The van der Waals surface area contributed by atoms with Crippen molar-refractivity contribution in [3.05, 3.63) is 29.8 Å². The Morgan fingerprint density at radius 1 is 1.53 bits per heavy atom. The van der Waals surface area contributed by atoms with Gasteiger partial charge in [0.15, 0.2) is 0 Å². The summed E-state index contributed by atoms with van der Waals surface area (Å²) in [5.41, 5.74) is 6.71. The van der Waals surface area contributed by atoms with E-state index in [2.05, 4.69) is 5.32 Å². The molecular weight excluding hydrogens is 216 g/mol. The van der Waals surface area contributed by atoms with Gasteiger partial charge in [0, 0.05) is 24.4 Å². The topological polar surface area (TPSA) is 64.4 Å². The van der Waals surface area contributed by atoms with Crippen molar-refractivity contribution < 1.29 is 9.53 Å². The van der Waals surface area contributed by atoms with Gasteiger partial charge in [0.1, 0.15) is 0 Å². The van der Waals surface area contributed by atoms with Gasteiger partial charge in [-0.2, -0.15) is 0 Å². The van der Waals surface area contributed by atoms with Gasteiger partial charge in [-0.15, -0.1) is 0 Å². The molecule has 1 aliphatic heterocycles. The number of nitrogens with two attached hydrogens (primary N) is 1. The molecule has 1 aromatic carbocycles. The van der Waals surface area contributed by atoms with Crippen LogP contribution in [0.5, 0.6) is 0 Å². The first-order valence-corrected chi connectivity index (χ1v) is 5.97. The van der Waals surface area contributed by atoms with Gasteiger partial charge in [-0.1, -0.05) is 6.07 Å². The quantitative estimate of drug-likeness (QED) is 0.832. The van der Waals surface area contributed by atoms with Crippen molar-refractivity contribution in [2.24, 2.45) is 11.7 Å². The maximum absolute atomic E-state index is 11.0. The fraction of sp³-hybridized carbons (Fsp3) is 0.462. The number of hydrogen-bond donors (Lipinski definition) is 2. The highest BCUT2D eigenvalue weighted by molar-refractivity contribution is 5.93. The van der Waals surface area contributed by atoms with Crippen LogP contribution in [-0.4, -0.2) is 25.7 Å². The maximum Gasteiger partial charge on any atom is 0.248 e. The zero-order valence-corrected chi connectivity index (χ0v) is 9.82. The van der Waals surface area contributed by atoms with Crippen LogP contribution in [0.25, 0.3) is 0 Å². The van der Waals surface area contributed by atoms with Crippen molar-refractivity contribution in [1.29, 1.82) is 0 Å². The van der Waals surface area contributed by atoms with Gasteiger partial charge in [0.2, 0.25) is 5.91 Å². The Kier molecular flexibility index (Phi) is 3.98. The van der Waals surface area contributed by atoms with Crippen molar-refractivity contribution >= 4 is 11.6 Å². The van der Waals surface area contributed by atoms with E-state index in [1.54, 1.807) is 12.1 Å². The Morgan fingerprint density at radius 2 is 2.41 bits per heavy atom. The standard InChI is InChI=1S/C13H18N2O2/c14-13(16)11-4-1-5-12(7-11)15-8-10-3-2-6-17-9-10/h1,4-5,7,10,15H,2-3,6,8-9H2,(H2,14,16). The van der Waals surface area contributed by atoms with Gasteiger partial charge in [-0.25, -0.2) is 0 Å². The van der Waals surface area contributed by atoms with Gasteiger partial charge < -0.3 is 15.8 Å². The largest absolute Gasteiger partial charge is 0.385 e. The minimum Gasteiger partial charge on any atom is -0.385 e. The molecule has 4 heteroatoms. The molecule has 1 saturated heterocycles. The second-order valence-electron chi connectivity index (χ2n) is 4.41. The zero-order valence-electron chi connectivity index (χ0n) is 9.82. The summed E-state index contributed by atoms with van der Waals surface area (Å²) in [6.45, 7) is 2.58. The lowest BCUT2D eigenvalue weighted by atomic mass is 10.0. The van der Waals surface area contributed by atoms with Crippen LogP contribution in [-0.2, 0) is 4.74 Å². The summed E-state index contributed by atoms with van der Waals surface area (Å²) in [6.07, 6.45) is 2.33. The predicted molar refractivity (Wildman–Crippen MR) is 67.0 cm³/mol. The number of rotatable bonds is 4. The molecule has 92 valence electrons. The lowest BCUT2D eigenvalue weighted by molar-refractivity contribution is 0.0595. The fourth-order valence-electron chi connectivity index (χ4n) is 2.01. The van der Waals surface area contributed by atoms with E-state index < -0.39 is 5.91 Å². The van der Waals surface area contributed by atoms with Crippen LogP contribution in [0.2, 0.25) is 0 Å². The van der Waals surface area contributed by atoms with Crippen LogP contribution in [0.4, 0.5) is 5.69 Å². The van der Waals surface area contributed by atoms with Gasteiger partial charge in [-0.3, -0.25) is 4.79 Å². The fourth-order valence-corrected chi connectivity index (χ4v) is 2.01. The Hall–Kier alpha value is -1.55. The molecule has 3 N–H and O–H groups in total. The SMILES string of the molecule is NC(=O)c1cccc(NCC2CCCOC2)c1. The molecule has 1 aliphatic rings. The monoisotopic (exact) mass is 234 g/mol. The molecule has 4 nitrogen and oxygen atoms in total. The smallest absolute Gasteiger partial charge is 0.248 e. The van der Waals surface area contributed by atoms with Crippen molar-refractivity contribution in [2.75, 3.05) is 25.1 Å². The summed E-state index contributed by atoms with van der Waals surface area (Å²) in [4.78, 5) is 11.0. The minimum absolute atomic E-state index is 0.394. The highest BCUT2D eigenvalue weighted by Gasteiger charge is 2.13. The summed E-state index contributed by atoms with van der Waals surface area (Å²) < 4.78 is 5.42. The van der Waals surface area contributed by atoms with E-state index in [4.69, 9.17) is 10.5 Å². The molecule has 2 rings (SSSR count). The highest BCUT2D eigenvalue weighted by atomic mass is 16.5. The number of anilines is 1. The number of benzene rings is 1. The summed E-state index contributed by atoms with van der Waals surface area (Å²) in [5.74, 6) is 0.163. The van der Waals surface area contributed by atoms with Gasteiger partial charge in [0.05, 0.1) is 6.61 Å². The van der Waals surface area contributed by atoms with Crippen molar-refractivity contribution in [1.82, 2.24) is 0 Å². The Bertz CT molecular complexity index is 387. The van der Waals surface area contributed by atoms with Crippen LogP contribution < -0.4 is 11.1 Å². The average Bonchev–Trinajstić information content (AvgIpc) is 2.38. The third kappa shape index (κ3) is 3.46.